The normalized spacial score (nSPS) is 20.0. The van der Waals surface area contributed by atoms with E-state index in [4.69, 9.17) is 9.88 Å². The number of thiazole rings is 1. The van der Waals surface area contributed by atoms with E-state index in [9.17, 15) is 22.2 Å². The van der Waals surface area contributed by atoms with Gasteiger partial charge in [-0.15, -0.1) is 11.3 Å². The Labute approximate surface area is 244 Å². The number of nitrogens with zero attached hydrogens (tertiary/aromatic N) is 2. The summed E-state index contributed by atoms with van der Waals surface area (Å²) >= 11 is 1.28. The number of hydrogen-bond acceptors (Lipinski definition) is 8. The third-order valence-electron chi connectivity index (χ3n) is 7.19. The number of carbonyl (C=O) groups excluding carboxylic acids is 2. The summed E-state index contributed by atoms with van der Waals surface area (Å²) in [4.78, 5) is 32.6. The number of fused-ring (bicyclic) bond motifs is 1. The number of hydrogen-bond donors (Lipinski definition) is 2. The lowest BCUT2D eigenvalue weighted by Gasteiger charge is -2.31. The molecule has 3 unspecified atom stereocenters. The van der Waals surface area contributed by atoms with E-state index in [-0.39, 0.29) is 24.5 Å². The molecule has 13 heteroatoms. The number of aromatic nitrogens is 1. The lowest BCUT2D eigenvalue weighted by Crippen LogP contribution is -2.44. The molecule has 1 saturated carbocycles. The molecule has 1 aliphatic carbocycles. The Bertz CT molecular complexity index is 1660. The van der Waals surface area contributed by atoms with Gasteiger partial charge in [-0.1, -0.05) is 18.2 Å². The van der Waals surface area contributed by atoms with Gasteiger partial charge in [-0.2, -0.15) is 0 Å². The Morgan fingerprint density at radius 2 is 1.88 bits per heavy atom. The average molecular weight is 619 g/mol. The number of amides is 2. The average Bonchev–Trinajstić information content (AvgIpc) is 3.61. The number of primary sulfonamides is 1. The van der Waals surface area contributed by atoms with Crippen molar-refractivity contribution in [2.45, 2.75) is 31.1 Å². The van der Waals surface area contributed by atoms with Gasteiger partial charge >= 0.3 is 0 Å². The van der Waals surface area contributed by atoms with E-state index in [0.717, 1.165) is 28.7 Å². The molecule has 3 atom stereocenters. The minimum Gasteiger partial charge on any atom is -0.375 e. The van der Waals surface area contributed by atoms with Crippen molar-refractivity contribution in [3.05, 3.63) is 53.0 Å². The van der Waals surface area contributed by atoms with E-state index in [2.05, 4.69) is 16.2 Å². The van der Waals surface area contributed by atoms with Crippen molar-refractivity contribution >= 4 is 58.8 Å². The van der Waals surface area contributed by atoms with Crippen LogP contribution in [-0.2, 0) is 29.1 Å². The second-order valence-corrected chi connectivity index (χ2v) is 16.1. The van der Waals surface area contributed by atoms with Crippen molar-refractivity contribution in [3.63, 3.8) is 0 Å². The molecule has 2 fully saturated rings. The Balaban J connectivity index is 1.38. The van der Waals surface area contributed by atoms with Gasteiger partial charge in [0.1, 0.15) is 5.01 Å². The molecule has 5 rings (SSSR count). The van der Waals surface area contributed by atoms with E-state index in [1.165, 1.54) is 11.3 Å². The summed E-state index contributed by atoms with van der Waals surface area (Å²) in [6.45, 7) is 3.43. The maximum atomic E-state index is 13.7. The van der Waals surface area contributed by atoms with Crippen LogP contribution in [0.15, 0.2) is 42.5 Å². The highest BCUT2D eigenvalue weighted by molar-refractivity contribution is 8.01. The lowest BCUT2D eigenvalue weighted by atomic mass is 10.0. The molecule has 0 radical (unpaired) electrons. The molecule has 1 aliphatic heterocycles. The first-order valence-corrected chi connectivity index (χ1v) is 17.9. The molecule has 3 N–H and O–H groups in total. The van der Waals surface area contributed by atoms with Crippen molar-refractivity contribution < 1.29 is 27.0 Å². The molecule has 220 valence electrons. The van der Waals surface area contributed by atoms with Crippen LogP contribution in [0.5, 0.6) is 0 Å². The van der Waals surface area contributed by atoms with Crippen molar-refractivity contribution in [1.82, 2.24) is 15.2 Å². The molecule has 2 amide bonds. The van der Waals surface area contributed by atoms with Gasteiger partial charge in [0.25, 0.3) is 5.91 Å². The fourth-order valence-electron chi connectivity index (χ4n) is 4.90. The second-order valence-electron chi connectivity index (χ2n) is 10.8. The van der Waals surface area contributed by atoms with Crippen molar-refractivity contribution in [2.24, 2.45) is 11.1 Å². The van der Waals surface area contributed by atoms with Gasteiger partial charge in [0, 0.05) is 31.0 Å². The topological polar surface area (TPSA) is 149 Å². The maximum Gasteiger partial charge on any atom is 0.254 e. The summed E-state index contributed by atoms with van der Waals surface area (Å²) in [5.74, 6) is 3.52. The van der Waals surface area contributed by atoms with E-state index in [1.54, 1.807) is 4.90 Å². The molecule has 41 heavy (non-hydrogen) atoms. The molecular formula is C28H34N4O6S3. The third-order valence-corrected chi connectivity index (χ3v) is 11.5. The van der Waals surface area contributed by atoms with Crippen LogP contribution in [-0.4, -0.2) is 84.0 Å². The maximum absolute atomic E-state index is 13.7. The summed E-state index contributed by atoms with van der Waals surface area (Å²) in [5, 5.41) is 6.92. The van der Waals surface area contributed by atoms with Gasteiger partial charge in [-0.05, 0) is 76.5 Å². The van der Waals surface area contributed by atoms with Crippen LogP contribution in [0.1, 0.15) is 40.4 Å². The van der Waals surface area contributed by atoms with Crippen LogP contribution in [0, 0.1) is 5.92 Å². The highest BCUT2D eigenvalue weighted by atomic mass is 32.2. The molecule has 3 aromatic rings. The number of nitrogens with two attached hydrogens (primary N) is 1. The van der Waals surface area contributed by atoms with E-state index in [0.29, 0.717) is 41.5 Å². The summed E-state index contributed by atoms with van der Waals surface area (Å²) in [5.41, 5.74) is 3.10. The first kappa shape index (κ1) is 29.6. The minimum absolute atomic E-state index is 0.0151. The summed E-state index contributed by atoms with van der Waals surface area (Å²) in [7, 11) is -6.66. The Kier molecular flexibility index (Phi) is 8.53. The standard InChI is InChI=1S/C28H34N4O6S3/c1-18-16-32(12-13-38-18)28(34)21-7-5-20(6-8-21)22-9-10-23-24(15-22)39-27(31-23)25(40(2,35)17-19-3-4-19)26(33)30-11-14-41(29,36)37/h5-10,15,18-19,25H,2-4,11-14,16-17H2,1H3,(H,30,33)(H2,29,36,37). The Morgan fingerprint density at radius 3 is 2.54 bits per heavy atom. The number of nitrogens with one attached hydrogen (secondary N) is 1. The highest BCUT2D eigenvalue weighted by Crippen LogP contribution is 2.38. The van der Waals surface area contributed by atoms with Gasteiger partial charge in [-0.25, -0.2) is 18.5 Å². The molecule has 0 bridgehead atoms. The van der Waals surface area contributed by atoms with Gasteiger partial charge in [0.2, 0.25) is 15.9 Å². The SMILES string of the molecule is C=S(=O)(CC1CC1)C(C(=O)NCCS(N)(=O)=O)c1nc2ccc(-c3ccc(C(=O)N4CCOC(C)C4)cc3)cc2s1. The predicted octanol–water partition coefficient (Wildman–Crippen LogP) is 2.40. The molecular weight excluding hydrogens is 585 g/mol. The lowest BCUT2D eigenvalue weighted by molar-refractivity contribution is -0.120. The first-order valence-electron chi connectivity index (χ1n) is 13.4. The van der Waals surface area contributed by atoms with Gasteiger partial charge < -0.3 is 15.0 Å². The Hall–Kier alpha value is -2.84. The van der Waals surface area contributed by atoms with Crippen molar-refractivity contribution in [3.8, 4) is 11.1 Å². The van der Waals surface area contributed by atoms with Crippen LogP contribution >= 0.6 is 11.3 Å². The molecule has 2 aromatic carbocycles. The van der Waals surface area contributed by atoms with Crippen LogP contribution in [0.4, 0.5) is 0 Å². The zero-order valence-corrected chi connectivity index (χ0v) is 25.2. The van der Waals surface area contributed by atoms with E-state index < -0.39 is 36.5 Å². The molecule has 2 heterocycles. The van der Waals surface area contributed by atoms with E-state index in [1.807, 2.05) is 49.4 Å². The van der Waals surface area contributed by atoms with Crippen LogP contribution in [0.25, 0.3) is 21.3 Å². The largest absolute Gasteiger partial charge is 0.375 e. The Morgan fingerprint density at radius 1 is 1.17 bits per heavy atom. The number of rotatable bonds is 10. The summed E-state index contributed by atoms with van der Waals surface area (Å²) in [6, 6.07) is 13.2. The first-order chi connectivity index (χ1) is 19.4. The number of sulfonamides is 1. The van der Waals surface area contributed by atoms with Gasteiger partial charge in [-0.3, -0.25) is 13.8 Å². The molecule has 1 aromatic heterocycles. The van der Waals surface area contributed by atoms with Crippen LogP contribution < -0.4 is 10.5 Å². The zero-order chi connectivity index (χ0) is 29.4. The van der Waals surface area contributed by atoms with Crippen molar-refractivity contribution in [2.75, 3.05) is 37.7 Å². The smallest absolute Gasteiger partial charge is 0.254 e. The minimum atomic E-state index is -3.76. The van der Waals surface area contributed by atoms with E-state index >= 15 is 0 Å². The number of benzene rings is 2. The number of morpholine rings is 1. The third kappa shape index (κ3) is 7.33. The summed E-state index contributed by atoms with van der Waals surface area (Å²) < 4.78 is 42.7. The fourth-order valence-corrected chi connectivity index (χ4v) is 9.17. The second kappa shape index (κ2) is 11.8. The zero-order valence-electron chi connectivity index (χ0n) is 22.8. The van der Waals surface area contributed by atoms with Crippen molar-refractivity contribution in [1.29, 1.82) is 0 Å². The highest BCUT2D eigenvalue weighted by Gasteiger charge is 2.36. The molecule has 2 aliphatic rings. The molecule has 10 nitrogen and oxygen atoms in total. The monoisotopic (exact) mass is 618 g/mol. The van der Waals surface area contributed by atoms with Crippen LogP contribution in [0.3, 0.4) is 0 Å². The molecule has 1 saturated heterocycles. The predicted molar refractivity (Wildman–Crippen MR) is 163 cm³/mol. The molecule has 0 spiro atoms. The summed E-state index contributed by atoms with van der Waals surface area (Å²) in [6.07, 6.45) is 1.91. The fraction of sp³-hybridized carbons (Fsp3) is 0.429. The van der Waals surface area contributed by atoms with Gasteiger partial charge in [0.15, 0.2) is 5.25 Å². The number of ether oxygens (including phenoxy) is 1. The van der Waals surface area contributed by atoms with Gasteiger partial charge in [0.05, 0.1) is 28.7 Å². The quantitative estimate of drug-likeness (QED) is 0.332. The van der Waals surface area contributed by atoms with Crippen LogP contribution in [0.2, 0.25) is 0 Å². The number of carbonyl (C=O) groups is 2.